The lowest BCUT2D eigenvalue weighted by molar-refractivity contribution is 0.436. The monoisotopic (exact) mass is 783 g/mol. The van der Waals surface area contributed by atoms with Gasteiger partial charge in [0.2, 0.25) is 0 Å². The van der Waals surface area contributed by atoms with Crippen molar-refractivity contribution in [3.63, 3.8) is 0 Å². The van der Waals surface area contributed by atoms with E-state index < -0.39 is 5.41 Å². The first-order valence-corrected chi connectivity index (χ1v) is 21.3. The van der Waals surface area contributed by atoms with E-state index in [2.05, 4.69) is 232 Å². The van der Waals surface area contributed by atoms with Crippen LogP contribution in [-0.2, 0) is 17.3 Å². The fourth-order valence-corrected chi connectivity index (χ4v) is 10.4. The number of benzene rings is 8. The Morgan fingerprint density at radius 3 is 1.80 bits per heavy atom. The normalized spacial score (nSPS) is 15.6. The Kier molecular flexibility index (Phi) is 8.65. The maximum atomic E-state index is 6.56. The van der Waals surface area contributed by atoms with Gasteiger partial charge >= 0.3 is 0 Å². The van der Waals surface area contributed by atoms with Crippen LogP contribution in [0.3, 0.4) is 0 Å². The molecule has 0 atom stereocenters. The minimum atomic E-state index is -0.482. The molecule has 0 saturated heterocycles. The predicted octanol–water partition coefficient (Wildman–Crippen LogP) is 15.2. The van der Waals surface area contributed by atoms with Crippen molar-refractivity contribution in [3.05, 3.63) is 264 Å². The topological polar surface area (TPSA) is 12.5 Å². The fraction of sp³-hybridized carbons (Fsp3) is 0.0847. The number of ether oxygens (including phenoxy) is 1. The van der Waals surface area contributed by atoms with E-state index in [-0.39, 0.29) is 5.41 Å². The van der Waals surface area contributed by atoms with Crippen LogP contribution in [0, 0.1) is 0 Å². The van der Waals surface area contributed by atoms with E-state index in [0.29, 0.717) is 0 Å². The molecule has 61 heavy (non-hydrogen) atoms. The third-order valence-electron chi connectivity index (χ3n) is 13.3. The highest BCUT2D eigenvalue weighted by Crippen LogP contribution is 2.62. The second-order valence-corrected chi connectivity index (χ2v) is 16.9. The lowest BCUT2D eigenvalue weighted by atomic mass is 9.66. The quantitative estimate of drug-likeness (QED) is 0.149. The molecule has 0 unspecified atom stereocenters. The molecule has 3 aliphatic rings. The van der Waals surface area contributed by atoms with Crippen molar-refractivity contribution in [1.29, 1.82) is 0 Å². The van der Waals surface area contributed by atoms with Gasteiger partial charge in [0.25, 0.3) is 0 Å². The zero-order valence-corrected chi connectivity index (χ0v) is 34.5. The minimum Gasteiger partial charge on any atom is -0.457 e. The van der Waals surface area contributed by atoms with Crippen LogP contribution in [0.15, 0.2) is 230 Å². The van der Waals surface area contributed by atoms with Gasteiger partial charge in [0.1, 0.15) is 11.5 Å². The van der Waals surface area contributed by atoms with Gasteiger partial charge in [-0.05, 0) is 105 Å². The molecule has 11 rings (SSSR count). The van der Waals surface area contributed by atoms with Crippen molar-refractivity contribution in [2.45, 2.75) is 31.1 Å². The van der Waals surface area contributed by atoms with Crippen LogP contribution in [0.25, 0.3) is 33.4 Å². The van der Waals surface area contributed by atoms with Crippen molar-refractivity contribution >= 4 is 11.4 Å². The number of hydrogen-bond donors (Lipinski definition) is 0. The molecular weight excluding hydrogens is 739 g/mol. The maximum Gasteiger partial charge on any atom is 0.132 e. The molecule has 2 heteroatoms. The van der Waals surface area contributed by atoms with E-state index in [9.17, 15) is 0 Å². The van der Waals surface area contributed by atoms with Gasteiger partial charge in [-0.25, -0.2) is 0 Å². The molecule has 292 valence electrons. The smallest absolute Gasteiger partial charge is 0.132 e. The van der Waals surface area contributed by atoms with E-state index in [1.165, 1.54) is 61.2 Å². The zero-order chi connectivity index (χ0) is 41.1. The lowest BCUT2D eigenvalue weighted by Gasteiger charge is -2.39. The molecule has 0 N–H and O–H groups in total. The second kappa shape index (κ2) is 14.4. The Balaban J connectivity index is 1.04. The number of nitrogens with zero attached hydrogens (tertiary/aromatic N) is 1. The summed E-state index contributed by atoms with van der Waals surface area (Å²) in [6.45, 7) is 8.92. The van der Waals surface area contributed by atoms with Crippen LogP contribution in [0.4, 0.5) is 11.4 Å². The molecule has 0 amide bonds. The number of para-hydroxylation sites is 3. The van der Waals surface area contributed by atoms with Gasteiger partial charge in [0.15, 0.2) is 0 Å². The minimum absolute atomic E-state index is 0.106. The fourth-order valence-electron chi connectivity index (χ4n) is 10.4. The van der Waals surface area contributed by atoms with Crippen molar-refractivity contribution in [1.82, 2.24) is 0 Å². The average Bonchev–Trinajstić information content (AvgIpc) is 3.74. The molecule has 0 fully saturated rings. The number of anilines is 2. The average molecular weight is 784 g/mol. The summed E-state index contributed by atoms with van der Waals surface area (Å²) in [5, 5.41) is 0. The van der Waals surface area contributed by atoms with Gasteiger partial charge < -0.3 is 9.64 Å². The summed E-state index contributed by atoms with van der Waals surface area (Å²) in [4.78, 5) is 2.41. The van der Waals surface area contributed by atoms with Crippen LogP contribution >= 0.6 is 0 Å². The molecule has 0 radical (unpaired) electrons. The Morgan fingerprint density at radius 2 is 1.10 bits per heavy atom. The summed E-state index contributed by atoms with van der Waals surface area (Å²) in [6.07, 6.45) is 7.38. The highest BCUT2D eigenvalue weighted by Gasteiger charge is 2.51. The molecule has 2 nitrogen and oxygen atoms in total. The number of hydrogen-bond acceptors (Lipinski definition) is 2. The summed E-state index contributed by atoms with van der Waals surface area (Å²) < 4.78 is 6.56. The molecule has 0 bridgehead atoms. The number of allylic oxidation sites excluding steroid dienone is 4. The molecule has 8 aromatic rings. The van der Waals surface area contributed by atoms with Crippen LogP contribution in [-0.4, -0.2) is 0 Å². The summed E-state index contributed by atoms with van der Waals surface area (Å²) in [6, 6.07) is 70.5. The van der Waals surface area contributed by atoms with Crippen LogP contribution < -0.4 is 9.64 Å². The Hall–Kier alpha value is -7.42. The van der Waals surface area contributed by atoms with Gasteiger partial charge in [-0.1, -0.05) is 190 Å². The van der Waals surface area contributed by atoms with E-state index >= 15 is 0 Å². The molecule has 0 aromatic heterocycles. The third kappa shape index (κ3) is 5.70. The standard InChI is InChI=1S/C59H45NO/c1-4-18-46(39-44-37-43-21-8-11-24-50(43)58(44,2)3)60(55-28-15-10-22-47(55)41-19-6-5-7-20-41)45-34-31-40(32-35-45)42-33-36-52-49(38-42)48-23-9-12-25-51(48)59(52)53-26-13-16-29-56(53)61-57-30-17-14-27-54(57)59/h4-36,38-39H,1,37H2,2-3H3/b44-39+,46-18+. The summed E-state index contributed by atoms with van der Waals surface area (Å²) >= 11 is 0. The number of rotatable bonds is 7. The summed E-state index contributed by atoms with van der Waals surface area (Å²) in [5.41, 5.74) is 18.9. The maximum absolute atomic E-state index is 6.56. The molecular formula is C59H45NO. The van der Waals surface area contributed by atoms with Crippen molar-refractivity contribution < 1.29 is 4.74 Å². The van der Waals surface area contributed by atoms with E-state index in [4.69, 9.17) is 4.74 Å². The second-order valence-electron chi connectivity index (χ2n) is 16.9. The molecule has 8 aromatic carbocycles. The molecule has 2 aliphatic carbocycles. The van der Waals surface area contributed by atoms with Gasteiger partial charge in [-0.15, -0.1) is 0 Å². The summed E-state index contributed by atoms with van der Waals surface area (Å²) in [5.74, 6) is 1.81. The first kappa shape index (κ1) is 36.6. The largest absolute Gasteiger partial charge is 0.457 e. The zero-order valence-electron chi connectivity index (χ0n) is 34.5. The first-order chi connectivity index (χ1) is 30.0. The lowest BCUT2D eigenvalue weighted by Crippen LogP contribution is -2.32. The van der Waals surface area contributed by atoms with Gasteiger partial charge in [0.05, 0.1) is 11.1 Å². The van der Waals surface area contributed by atoms with E-state index in [1.807, 2.05) is 6.08 Å². The van der Waals surface area contributed by atoms with Gasteiger partial charge in [-0.3, -0.25) is 0 Å². The van der Waals surface area contributed by atoms with Crippen molar-refractivity contribution in [2.75, 3.05) is 4.90 Å². The van der Waals surface area contributed by atoms with Crippen LogP contribution in [0.5, 0.6) is 11.5 Å². The van der Waals surface area contributed by atoms with Crippen LogP contribution in [0.2, 0.25) is 0 Å². The van der Waals surface area contributed by atoms with Crippen molar-refractivity contribution in [2.24, 2.45) is 0 Å². The number of fused-ring (bicyclic) bond motifs is 10. The summed E-state index contributed by atoms with van der Waals surface area (Å²) in [7, 11) is 0. The Labute approximate surface area is 359 Å². The highest BCUT2D eigenvalue weighted by molar-refractivity contribution is 5.91. The van der Waals surface area contributed by atoms with E-state index in [1.54, 1.807) is 0 Å². The molecule has 1 aliphatic heterocycles. The van der Waals surface area contributed by atoms with E-state index in [0.717, 1.165) is 46.1 Å². The first-order valence-electron chi connectivity index (χ1n) is 21.3. The van der Waals surface area contributed by atoms with Gasteiger partial charge in [-0.2, -0.15) is 0 Å². The predicted molar refractivity (Wildman–Crippen MR) is 253 cm³/mol. The van der Waals surface area contributed by atoms with Crippen LogP contribution in [0.1, 0.15) is 47.2 Å². The highest BCUT2D eigenvalue weighted by atomic mass is 16.5. The molecule has 1 heterocycles. The SMILES string of the molecule is C=C/C=C(\C=C1/Cc2ccccc2C1(C)C)N(c1ccc(-c2ccc3c(c2)-c2ccccc2C32c3ccccc3Oc3ccccc32)cc1)c1ccccc1-c1ccccc1. The molecule has 1 spiro atoms. The third-order valence-corrected chi connectivity index (χ3v) is 13.3. The van der Waals surface area contributed by atoms with Crippen molar-refractivity contribution in [3.8, 4) is 44.9 Å². The Bertz CT molecular complexity index is 3030. The Morgan fingerprint density at radius 1 is 0.525 bits per heavy atom. The molecule has 0 saturated carbocycles. The van der Waals surface area contributed by atoms with Gasteiger partial charge in [0, 0.05) is 33.5 Å².